The van der Waals surface area contributed by atoms with Gasteiger partial charge in [-0.3, -0.25) is 0 Å². The van der Waals surface area contributed by atoms with Crippen molar-refractivity contribution in [2.24, 2.45) is 0 Å². The number of hydrogen-bond acceptors (Lipinski definition) is 6. The standard InChI is InChI=1S/3C18H36O2.C3H7.Ti/c3*1-2-3-4-5-6-7-8-9-10-11-12-13-14-15-16-17-18(19)20;1-3-2;/h3*2-17H2,1H3,(H,19,20);3H,1-2H3;/q;;;-1;+4/p-3. The third-order valence-electron chi connectivity index (χ3n) is 12.0. The van der Waals surface area contributed by atoms with Gasteiger partial charge in [0.15, 0.2) is 0 Å². The monoisotopic (exact) mass is 941 g/mol. The molecule has 0 bridgehead atoms. The van der Waals surface area contributed by atoms with Crippen LogP contribution in [0.15, 0.2) is 0 Å². The molecule has 0 saturated heterocycles. The molecule has 0 amide bonds. The Hall–Kier alpha value is -0.876. The van der Waals surface area contributed by atoms with Gasteiger partial charge >= 0.3 is 21.7 Å². The Kier molecular flexibility index (Phi) is 80.1. The molecule has 0 radical (unpaired) electrons. The SMILES string of the molecule is CCCCCCCCCCCCCCCCCC(=O)[O-].CCCCCCCCCCCCCCCCCC(=O)[O-].CCCCCCCCCCCCCCCCCC(=O)[O-].C[CH-]C.[Ti+4]. The summed E-state index contributed by atoms with van der Waals surface area (Å²) in [5.74, 6) is -2.71. The number of unbranched alkanes of at least 4 members (excludes halogenated alkanes) is 42. The first-order valence-corrected chi connectivity index (χ1v) is 28.1. The summed E-state index contributed by atoms with van der Waals surface area (Å²) in [5.41, 5.74) is 0. The van der Waals surface area contributed by atoms with Crippen LogP contribution >= 0.6 is 0 Å². The second kappa shape index (κ2) is 71.1. The van der Waals surface area contributed by atoms with Gasteiger partial charge in [-0.2, -0.15) is 13.8 Å². The Balaban J connectivity index is -0.000000261. The minimum absolute atomic E-state index is 0. The zero-order chi connectivity index (χ0) is 47.4. The van der Waals surface area contributed by atoms with E-state index in [9.17, 15) is 29.7 Å². The molecule has 64 heavy (non-hydrogen) atoms. The predicted molar refractivity (Wildman–Crippen MR) is 269 cm³/mol. The summed E-state index contributed by atoms with van der Waals surface area (Å²) < 4.78 is 0. The van der Waals surface area contributed by atoms with Crippen LogP contribution < -0.4 is 15.3 Å². The van der Waals surface area contributed by atoms with Crippen molar-refractivity contribution in [1.82, 2.24) is 0 Å². The molecule has 0 aromatic rings. The second-order valence-corrected chi connectivity index (χ2v) is 18.8. The van der Waals surface area contributed by atoms with Crippen molar-refractivity contribution < 1.29 is 51.4 Å². The molecular formula is C57H112O6Ti. The van der Waals surface area contributed by atoms with E-state index in [4.69, 9.17) is 0 Å². The third-order valence-corrected chi connectivity index (χ3v) is 12.0. The molecule has 0 heterocycles. The summed E-state index contributed by atoms with van der Waals surface area (Å²) in [6.45, 7) is 10.8. The van der Waals surface area contributed by atoms with E-state index in [0.29, 0.717) is 0 Å². The molecule has 7 heteroatoms. The zero-order valence-electron chi connectivity index (χ0n) is 44.0. The fraction of sp³-hybridized carbons (Fsp3) is 0.930. The summed E-state index contributed by atoms with van der Waals surface area (Å²) in [6, 6.07) is 0. The molecule has 380 valence electrons. The van der Waals surface area contributed by atoms with E-state index >= 15 is 0 Å². The molecule has 0 atom stereocenters. The normalized spacial score (nSPS) is 10.5. The van der Waals surface area contributed by atoms with Gasteiger partial charge in [-0.05, 0) is 38.5 Å². The number of aliphatic carboxylic acids is 3. The summed E-state index contributed by atoms with van der Waals surface area (Å²) in [4.78, 5) is 30.7. The predicted octanol–water partition coefficient (Wildman–Crippen LogP) is 16.2. The molecule has 0 aliphatic rings. The third kappa shape index (κ3) is 87.9. The van der Waals surface area contributed by atoms with Crippen LogP contribution in [-0.4, -0.2) is 17.9 Å². The number of carbonyl (C=O) groups is 3. The van der Waals surface area contributed by atoms with Gasteiger partial charge in [0.05, 0.1) is 0 Å². The van der Waals surface area contributed by atoms with Crippen LogP contribution in [0.5, 0.6) is 0 Å². The molecule has 0 N–H and O–H groups in total. The Morgan fingerprint density at radius 1 is 0.250 bits per heavy atom. The summed E-state index contributed by atoms with van der Waals surface area (Å²) in [5, 5.41) is 30.7. The summed E-state index contributed by atoms with van der Waals surface area (Å²) in [7, 11) is 0. The topological polar surface area (TPSA) is 120 Å². The molecule has 0 fully saturated rings. The quantitative estimate of drug-likeness (QED) is 0.0340. The van der Waals surface area contributed by atoms with E-state index in [-0.39, 0.29) is 41.0 Å². The maximum Gasteiger partial charge on any atom is 4.00 e. The molecule has 0 spiro atoms. The van der Waals surface area contributed by atoms with E-state index in [0.717, 1.165) is 38.5 Å². The van der Waals surface area contributed by atoms with Crippen LogP contribution in [0.3, 0.4) is 0 Å². The van der Waals surface area contributed by atoms with Crippen molar-refractivity contribution in [3.05, 3.63) is 6.42 Å². The van der Waals surface area contributed by atoms with Gasteiger partial charge < -0.3 is 36.1 Å². The molecule has 0 rings (SSSR count). The number of carboxylic acid groups (broad SMARTS) is 3. The fourth-order valence-corrected chi connectivity index (χ4v) is 7.92. The minimum atomic E-state index is -0.903. The molecule has 6 nitrogen and oxygen atoms in total. The number of carbonyl (C=O) groups excluding carboxylic acids is 3. The van der Waals surface area contributed by atoms with E-state index in [2.05, 4.69) is 20.8 Å². The first-order chi connectivity index (χ1) is 30.7. The molecular weight excluding hydrogens is 828 g/mol. The van der Waals surface area contributed by atoms with Gasteiger partial charge in [-0.1, -0.05) is 290 Å². The Morgan fingerprint density at radius 3 is 0.438 bits per heavy atom. The maximum atomic E-state index is 10.2. The Morgan fingerprint density at radius 2 is 0.344 bits per heavy atom. The maximum absolute atomic E-state index is 10.2. The van der Waals surface area contributed by atoms with E-state index in [1.807, 2.05) is 20.3 Å². The molecule has 0 saturated carbocycles. The number of carboxylic acids is 3. The van der Waals surface area contributed by atoms with Gasteiger partial charge in [0.1, 0.15) is 0 Å². The van der Waals surface area contributed by atoms with Gasteiger partial charge in [0, 0.05) is 17.9 Å². The van der Waals surface area contributed by atoms with Crippen LogP contribution in [0.1, 0.15) is 343 Å². The van der Waals surface area contributed by atoms with Crippen LogP contribution in [0, 0.1) is 6.42 Å². The van der Waals surface area contributed by atoms with Crippen LogP contribution in [0.4, 0.5) is 0 Å². The second-order valence-electron chi connectivity index (χ2n) is 18.8. The summed E-state index contributed by atoms with van der Waals surface area (Å²) in [6.07, 6.45) is 61.6. The van der Waals surface area contributed by atoms with Crippen molar-refractivity contribution in [2.45, 2.75) is 343 Å². The van der Waals surface area contributed by atoms with Gasteiger partial charge in [0.2, 0.25) is 0 Å². The average molecular weight is 941 g/mol. The Bertz CT molecular complexity index is 732. The van der Waals surface area contributed by atoms with Crippen LogP contribution in [0.25, 0.3) is 0 Å². The van der Waals surface area contributed by atoms with Gasteiger partial charge in [-0.15, -0.1) is 0 Å². The molecule has 0 aromatic carbocycles. The van der Waals surface area contributed by atoms with E-state index in [1.54, 1.807) is 0 Å². The van der Waals surface area contributed by atoms with Crippen molar-refractivity contribution in [2.75, 3.05) is 0 Å². The average Bonchev–Trinajstić information content (AvgIpc) is 3.25. The van der Waals surface area contributed by atoms with Crippen molar-refractivity contribution in [3.63, 3.8) is 0 Å². The molecule has 0 unspecified atom stereocenters. The smallest absolute Gasteiger partial charge is 0.550 e. The van der Waals surface area contributed by atoms with Crippen LogP contribution in [0.2, 0.25) is 0 Å². The van der Waals surface area contributed by atoms with E-state index < -0.39 is 17.9 Å². The zero-order valence-corrected chi connectivity index (χ0v) is 45.5. The van der Waals surface area contributed by atoms with Crippen molar-refractivity contribution in [3.8, 4) is 0 Å². The molecule has 0 aliphatic carbocycles. The van der Waals surface area contributed by atoms with Gasteiger partial charge in [-0.25, -0.2) is 0 Å². The fourth-order valence-electron chi connectivity index (χ4n) is 7.92. The van der Waals surface area contributed by atoms with Crippen LogP contribution in [-0.2, 0) is 36.1 Å². The number of rotatable bonds is 48. The molecule has 0 aromatic heterocycles. The minimum Gasteiger partial charge on any atom is -0.550 e. The first-order valence-electron chi connectivity index (χ1n) is 28.1. The summed E-state index contributed by atoms with van der Waals surface area (Å²) >= 11 is 0. The first kappa shape index (κ1) is 72.1. The van der Waals surface area contributed by atoms with Crippen molar-refractivity contribution >= 4 is 17.9 Å². The van der Waals surface area contributed by atoms with Gasteiger partial charge in [0.25, 0.3) is 0 Å². The van der Waals surface area contributed by atoms with E-state index in [1.165, 1.54) is 250 Å². The Labute approximate surface area is 416 Å². The largest absolute Gasteiger partial charge is 4.00 e. The molecule has 0 aliphatic heterocycles. The number of hydrogen-bond donors (Lipinski definition) is 0. The van der Waals surface area contributed by atoms with Crippen molar-refractivity contribution in [1.29, 1.82) is 0 Å².